The topological polar surface area (TPSA) is 59.2 Å². The fourth-order valence-electron chi connectivity index (χ4n) is 2.75. The second-order valence-corrected chi connectivity index (χ2v) is 6.55. The zero-order chi connectivity index (χ0) is 20.1. The van der Waals surface area contributed by atoms with Crippen LogP contribution in [0.1, 0.15) is 25.7 Å². The van der Waals surface area contributed by atoms with E-state index in [-0.39, 0.29) is 12.3 Å². The fraction of sp³-hybridized carbons (Fsp3) is 0.250. The van der Waals surface area contributed by atoms with E-state index < -0.39 is 11.6 Å². The summed E-state index contributed by atoms with van der Waals surface area (Å²) in [6.07, 6.45) is 1.13. The molecule has 3 aromatic rings. The molecule has 0 N–H and O–H groups in total. The normalized spacial score (nSPS) is 10.9. The Kier molecular flexibility index (Phi) is 6.36. The molecule has 8 heteroatoms. The molecule has 0 spiro atoms. The summed E-state index contributed by atoms with van der Waals surface area (Å²) in [6, 6.07) is 10.5. The number of carbonyl (C=O) groups is 1. The van der Waals surface area contributed by atoms with Crippen molar-refractivity contribution < 1.29 is 18.1 Å². The molecule has 5 nitrogen and oxygen atoms in total. The van der Waals surface area contributed by atoms with Crippen LogP contribution in [0.3, 0.4) is 0 Å². The van der Waals surface area contributed by atoms with E-state index in [1.165, 1.54) is 11.0 Å². The van der Waals surface area contributed by atoms with Gasteiger partial charge in [-0.15, -0.1) is 0 Å². The van der Waals surface area contributed by atoms with Gasteiger partial charge in [0.2, 0.25) is 17.6 Å². The van der Waals surface area contributed by atoms with Gasteiger partial charge in [-0.2, -0.15) is 4.98 Å². The molecule has 0 aliphatic rings. The predicted octanol–water partition coefficient (Wildman–Crippen LogP) is 5.04. The summed E-state index contributed by atoms with van der Waals surface area (Å²) in [5, 5.41) is 4.55. The summed E-state index contributed by atoms with van der Waals surface area (Å²) in [5.74, 6) is -1.24. The van der Waals surface area contributed by atoms with E-state index in [0.29, 0.717) is 41.8 Å². The first-order valence-corrected chi connectivity index (χ1v) is 9.19. The molecule has 0 saturated carbocycles. The van der Waals surface area contributed by atoms with Crippen molar-refractivity contribution in [1.29, 1.82) is 0 Å². The highest BCUT2D eigenvalue weighted by Gasteiger charge is 2.16. The van der Waals surface area contributed by atoms with E-state index in [0.717, 1.165) is 17.7 Å². The molecule has 28 heavy (non-hydrogen) atoms. The van der Waals surface area contributed by atoms with Crippen molar-refractivity contribution in [2.24, 2.45) is 0 Å². The molecule has 3 rings (SSSR count). The first-order valence-electron chi connectivity index (χ1n) is 8.82. The molecule has 146 valence electrons. The summed E-state index contributed by atoms with van der Waals surface area (Å²) in [5.41, 5.74) is 1.11. The third-order valence-corrected chi connectivity index (χ3v) is 4.44. The molecular formula is C20H18ClF2N3O2. The van der Waals surface area contributed by atoms with Crippen LogP contribution in [0.4, 0.5) is 14.5 Å². The summed E-state index contributed by atoms with van der Waals surface area (Å²) in [6.45, 7) is 2.13. The number of nitrogens with zero attached hydrogens (tertiary/aromatic N) is 3. The summed E-state index contributed by atoms with van der Waals surface area (Å²) in [4.78, 5) is 18.2. The molecule has 0 atom stereocenters. The van der Waals surface area contributed by atoms with Crippen LogP contribution >= 0.6 is 11.6 Å². The van der Waals surface area contributed by atoms with Crippen LogP contribution in [-0.2, 0) is 11.2 Å². The van der Waals surface area contributed by atoms with Crippen LogP contribution in [0.5, 0.6) is 0 Å². The molecular weight excluding hydrogens is 388 g/mol. The SMILES string of the molecule is CCN(C(=O)CCCc1nc(-c2ccc(Cl)cc2)no1)c1ccc(F)c(F)c1. The number of aryl methyl sites for hydroxylation is 1. The van der Waals surface area contributed by atoms with Gasteiger partial charge in [-0.25, -0.2) is 8.78 Å². The van der Waals surface area contributed by atoms with Crippen molar-refractivity contribution in [3.63, 3.8) is 0 Å². The van der Waals surface area contributed by atoms with Gasteiger partial charge in [0, 0.05) is 41.7 Å². The third-order valence-electron chi connectivity index (χ3n) is 4.18. The molecule has 0 radical (unpaired) electrons. The lowest BCUT2D eigenvalue weighted by Gasteiger charge is -2.21. The minimum absolute atomic E-state index is 0.189. The Morgan fingerprint density at radius 1 is 1.14 bits per heavy atom. The van der Waals surface area contributed by atoms with Crippen LogP contribution < -0.4 is 4.90 Å². The zero-order valence-electron chi connectivity index (χ0n) is 15.2. The Morgan fingerprint density at radius 3 is 2.57 bits per heavy atom. The van der Waals surface area contributed by atoms with Gasteiger partial charge < -0.3 is 9.42 Å². The second kappa shape index (κ2) is 8.93. The largest absolute Gasteiger partial charge is 0.339 e. The van der Waals surface area contributed by atoms with Crippen molar-refractivity contribution >= 4 is 23.2 Å². The summed E-state index contributed by atoms with van der Waals surface area (Å²) in [7, 11) is 0. The number of benzene rings is 2. The molecule has 0 unspecified atom stereocenters. The number of hydrogen-bond donors (Lipinski definition) is 0. The van der Waals surface area contributed by atoms with Crippen molar-refractivity contribution in [2.45, 2.75) is 26.2 Å². The van der Waals surface area contributed by atoms with Crippen LogP contribution in [0.25, 0.3) is 11.4 Å². The molecule has 2 aromatic carbocycles. The Hall–Kier alpha value is -2.80. The molecule has 1 amide bonds. The predicted molar refractivity (Wildman–Crippen MR) is 102 cm³/mol. The van der Waals surface area contributed by atoms with Gasteiger partial charge in [0.25, 0.3) is 0 Å². The number of rotatable bonds is 7. The van der Waals surface area contributed by atoms with Crippen LogP contribution in [0.15, 0.2) is 47.0 Å². The van der Waals surface area contributed by atoms with E-state index >= 15 is 0 Å². The smallest absolute Gasteiger partial charge is 0.226 e. The first kappa shape index (κ1) is 19.9. The Labute approximate surface area is 165 Å². The van der Waals surface area contributed by atoms with Crippen molar-refractivity contribution in [3.8, 4) is 11.4 Å². The third kappa shape index (κ3) is 4.72. The molecule has 0 bridgehead atoms. The Balaban J connectivity index is 1.57. The molecule has 0 aliphatic heterocycles. The second-order valence-electron chi connectivity index (χ2n) is 6.11. The highest BCUT2D eigenvalue weighted by Crippen LogP contribution is 2.21. The van der Waals surface area contributed by atoms with Crippen molar-refractivity contribution in [1.82, 2.24) is 10.1 Å². The van der Waals surface area contributed by atoms with Gasteiger partial charge in [0.05, 0.1) is 0 Å². The molecule has 0 saturated heterocycles. The lowest BCUT2D eigenvalue weighted by Crippen LogP contribution is -2.30. The average Bonchev–Trinajstić information content (AvgIpc) is 3.14. The maximum Gasteiger partial charge on any atom is 0.226 e. The van der Waals surface area contributed by atoms with Crippen LogP contribution in [0, 0.1) is 11.6 Å². The monoisotopic (exact) mass is 405 g/mol. The average molecular weight is 406 g/mol. The fourth-order valence-corrected chi connectivity index (χ4v) is 2.88. The van der Waals surface area contributed by atoms with Crippen LogP contribution in [0.2, 0.25) is 5.02 Å². The van der Waals surface area contributed by atoms with E-state index in [9.17, 15) is 13.6 Å². The van der Waals surface area contributed by atoms with Crippen molar-refractivity contribution in [2.75, 3.05) is 11.4 Å². The van der Waals surface area contributed by atoms with E-state index in [2.05, 4.69) is 10.1 Å². The van der Waals surface area contributed by atoms with E-state index in [4.69, 9.17) is 16.1 Å². The maximum absolute atomic E-state index is 13.4. The lowest BCUT2D eigenvalue weighted by molar-refractivity contribution is -0.118. The van der Waals surface area contributed by atoms with Gasteiger partial charge in [0.15, 0.2) is 11.6 Å². The Bertz CT molecular complexity index is 960. The number of carbonyl (C=O) groups excluding carboxylic acids is 1. The zero-order valence-corrected chi connectivity index (χ0v) is 15.9. The van der Waals surface area contributed by atoms with Gasteiger partial charge >= 0.3 is 0 Å². The summed E-state index contributed by atoms with van der Waals surface area (Å²) >= 11 is 5.86. The number of anilines is 1. The van der Waals surface area contributed by atoms with E-state index in [1.807, 2.05) is 0 Å². The van der Waals surface area contributed by atoms with Crippen molar-refractivity contribution in [3.05, 3.63) is 65.0 Å². The molecule has 1 aromatic heterocycles. The number of amides is 1. The molecule has 0 fully saturated rings. The quantitative estimate of drug-likeness (QED) is 0.552. The molecule has 0 aliphatic carbocycles. The number of aromatic nitrogens is 2. The van der Waals surface area contributed by atoms with Gasteiger partial charge in [0.1, 0.15) is 0 Å². The lowest BCUT2D eigenvalue weighted by atomic mass is 10.2. The first-order chi connectivity index (χ1) is 13.5. The van der Waals surface area contributed by atoms with Gasteiger partial charge in [-0.1, -0.05) is 16.8 Å². The standard InChI is InChI=1S/C20H18ClF2N3O2/c1-2-26(15-10-11-16(22)17(23)12-15)19(27)5-3-4-18-24-20(25-28-18)13-6-8-14(21)9-7-13/h6-12H,2-5H2,1H3. The van der Waals surface area contributed by atoms with Crippen LogP contribution in [-0.4, -0.2) is 22.6 Å². The minimum atomic E-state index is -0.982. The molecule has 1 heterocycles. The highest BCUT2D eigenvalue weighted by molar-refractivity contribution is 6.30. The number of hydrogen-bond acceptors (Lipinski definition) is 4. The van der Waals surface area contributed by atoms with E-state index in [1.54, 1.807) is 31.2 Å². The van der Waals surface area contributed by atoms with Gasteiger partial charge in [-0.05, 0) is 49.7 Å². The minimum Gasteiger partial charge on any atom is -0.339 e. The maximum atomic E-state index is 13.4. The highest BCUT2D eigenvalue weighted by atomic mass is 35.5. The number of halogens is 3. The summed E-state index contributed by atoms with van der Waals surface area (Å²) < 4.78 is 31.7. The van der Waals surface area contributed by atoms with Gasteiger partial charge in [-0.3, -0.25) is 4.79 Å². The Morgan fingerprint density at radius 2 is 1.89 bits per heavy atom.